The average Bonchev–Trinajstić information content (AvgIpc) is 3.24. The van der Waals surface area contributed by atoms with Crippen LogP contribution in [-0.2, 0) is 9.59 Å². The number of halogens is 1. The van der Waals surface area contributed by atoms with E-state index in [-0.39, 0.29) is 29.8 Å². The summed E-state index contributed by atoms with van der Waals surface area (Å²) in [4.78, 5) is 31.7. The van der Waals surface area contributed by atoms with Crippen molar-refractivity contribution in [3.05, 3.63) is 58.8 Å². The molecule has 1 aromatic carbocycles. The van der Waals surface area contributed by atoms with Crippen molar-refractivity contribution in [3.63, 3.8) is 0 Å². The number of hydrogen-bond acceptors (Lipinski definition) is 5. The van der Waals surface area contributed by atoms with Gasteiger partial charge in [-0.15, -0.1) is 0 Å². The Hall–Kier alpha value is -2.29. The fraction of sp³-hybridized carbons (Fsp3) is 0.381. The number of carbonyl (C=O) groups excluding carboxylic acids is 2. The number of aromatic nitrogens is 1. The number of pyridine rings is 1. The fourth-order valence-electron chi connectivity index (χ4n) is 3.89. The lowest BCUT2D eigenvalue weighted by molar-refractivity contribution is -0.136. The van der Waals surface area contributed by atoms with Crippen molar-refractivity contribution in [2.45, 2.75) is 31.3 Å². The molecule has 2 aliphatic heterocycles. The normalized spacial score (nSPS) is 22.4. The van der Waals surface area contributed by atoms with Crippen molar-refractivity contribution in [2.75, 3.05) is 18.4 Å². The first-order valence-corrected chi connectivity index (χ1v) is 10.7. The average molecular weight is 458 g/mol. The smallest absolute Gasteiger partial charge is 0.241 e. The van der Waals surface area contributed by atoms with E-state index in [4.69, 9.17) is 0 Å². The highest BCUT2D eigenvalue weighted by atomic mass is 79.9. The van der Waals surface area contributed by atoms with Gasteiger partial charge in [0.25, 0.3) is 0 Å². The molecule has 3 N–H and O–H groups in total. The van der Waals surface area contributed by atoms with Crippen LogP contribution in [-0.4, -0.2) is 40.8 Å². The molecule has 3 heterocycles. The Kier molecular flexibility index (Phi) is 6.22. The standard InChI is InChI=1S/C21H24BrN5O2/c22-15-4-3-5-16(12-15)24-20(28)14-7-10-27(11-8-14)21(29)19-13-18(25-26-19)17-6-1-2-9-23-17/h1-6,9,12,14,18-19,25-26H,7-8,10-11,13H2,(H,24,28). The van der Waals surface area contributed by atoms with Gasteiger partial charge in [-0.3, -0.25) is 14.6 Å². The molecule has 0 aliphatic carbocycles. The number of hydrogen-bond donors (Lipinski definition) is 3. The van der Waals surface area contributed by atoms with Crippen molar-refractivity contribution in [2.24, 2.45) is 5.92 Å². The molecule has 4 rings (SSSR count). The van der Waals surface area contributed by atoms with Gasteiger partial charge in [-0.2, -0.15) is 0 Å². The van der Waals surface area contributed by atoms with Gasteiger partial charge in [-0.05, 0) is 49.6 Å². The van der Waals surface area contributed by atoms with Gasteiger partial charge >= 0.3 is 0 Å². The Balaban J connectivity index is 1.27. The van der Waals surface area contributed by atoms with Crippen LogP contribution in [0, 0.1) is 5.92 Å². The summed E-state index contributed by atoms with van der Waals surface area (Å²) in [5, 5.41) is 2.97. The third-order valence-corrected chi connectivity index (χ3v) is 6.01. The number of rotatable bonds is 4. The van der Waals surface area contributed by atoms with Gasteiger partial charge in [0.1, 0.15) is 6.04 Å². The molecule has 0 radical (unpaired) electrons. The second-order valence-electron chi connectivity index (χ2n) is 7.48. The Labute approximate surface area is 178 Å². The molecule has 8 heteroatoms. The number of likely N-dealkylation sites (tertiary alicyclic amines) is 1. The van der Waals surface area contributed by atoms with E-state index < -0.39 is 0 Å². The Morgan fingerprint density at radius 2 is 1.93 bits per heavy atom. The zero-order valence-corrected chi connectivity index (χ0v) is 17.6. The summed E-state index contributed by atoms with van der Waals surface area (Å²) < 4.78 is 0.928. The van der Waals surface area contributed by atoms with E-state index >= 15 is 0 Å². The first-order valence-electron chi connectivity index (χ1n) is 9.87. The van der Waals surface area contributed by atoms with E-state index in [2.05, 4.69) is 37.1 Å². The van der Waals surface area contributed by atoms with Gasteiger partial charge in [-0.1, -0.05) is 28.1 Å². The fourth-order valence-corrected chi connectivity index (χ4v) is 4.29. The number of hydrazine groups is 1. The molecule has 2 atom stereocenters. The van der Waals surface area contributed by atoms with E-state index in [1.807, 2.05) is 47.4 Å². The molecule has 2 aliphatic rings. The van der Waals surface area contributed by atoms with Crippen molar-refractivity contribution in [1.82, 2.24) is 20.7 Å². The maximum absolute atomic E-state index is 12.9. The van der Waals surface area contributed by atoms with Crippen molar-refractivity contribution < 1.29 is 9.59 Å². The highest BCUT2D eigenvalue weighted by Crippen LogP contribution is 2.25. The molecular formula is C21H24BrN5O2. The number of amides is 2. The predicted molar refractivity (Wildman–Crippen MR) is 114 cm³/mol. The van der Waals surface area contributed by atoms with Crippen LogP contribution in [0.1, 0.15) is 31.0 Å². The summed E-state index contributed by atoms with van der Waals surface area (Å²) in [6, 6.07) is 13.1. The van der Waals surface area contributed by atoms with Gasteiger partial charge < -0.3 is 10.2 Å². The summed E-state index contributed by atoms with van der Waals surface area (Å²) in [5.74, 6) is 0.0295. The lowest BCUT2D eigenvalue weighted by Gasteiger charge is -2.32. The van der Waals surface area contributed by atoms with Crippen LogP contribution in [0.15, 0.2) is 53.1 Å². The van der Waals surface area contributed by atoms with E-state index in [9.17, 15) is 9.59 Å². The van der Waals surface area contributed by atoms with E-state index in [1.54, 1.807) is 6.20 Å². The maximum atomic E-state index is 12.9. The number of nitrogens with zero attached hydrogens (tertiary/aromatic N) is 2. The first-order chi connectivity index (χ1) is 14.1. The molecule has 2 fully saturated rings. The monoisotopic (exact) mass is 457 g/mol. The Morgan fingerprint density at radius 3 is 2.66 bits per heavy atom. The maximum Gasteiger partial charge on any atom is 0.241 e. The minimum absolute atomic E-state index is 0.0195. The summed E-state index contributed by atoms with van der Waals surface area (Å²) in [7, 11) is 0. The molecule has 0 saturated carbocycles. The Bertz CT molecular complexity index is 870. The van der Waals surface area contributed by atoms with Crippen molar-refractivity contribution in [3.8, 4) is 0 Å². The number of anilines is 1. The predicted octanol–water partition coefficient (Wildman–Crippen LogP) is 2.63. The number of piperidine rings is 1. The molecule has 1 aromatic heterocycles. The molecule has 2 saturated heterocycles. The van der Waals surface area contributed by atoms with Gasteiger partial charge in [0.15, 0.2) is 0 Å². The summed E-state index contributed by atoms with van der Waals surface area (Å²) in [5.41, 5.74) is 7.99. The largest absolute Gasteiger partial charge is 0.341 e. The van der Waals surface area contributed by atoms with E-state index in [1.165, 1.54) is 0 Å². The minimum atomic E-state index is -0.269. The second kappa shape index (κ2) is 9.02. The molecule has 0 bridgehead atoms. The molecule has 29 heavy (non-hydrogen) atoms. The molecule has 2 amide bonds. The van der Waals surface area contributed by atoms with Crippen LogP contribution in [0.25, 0.3) is 0 Å². The van der Waals surface area contributed by atoms with Gasteiger partial charge in [0.05, 0.1) is 11.7 Å². The van der Waals surface area contributed by atoms with E-state index in [0.29, 0.717) is 32.4 Å². The summed E-state index contributed by atoms with van der Waals surface area (Å²) >= 11 is 3.41. The highest BCUT2D eigenvalue weighted by Gasteiger charge is 2.35. The number of benzene rings is 1. The number of nitrogens with one attached hydrogen (secondary N) is 3. The lowest BCUT2D eigenvalue weighted by Crippen LogP contribution is -2.49. The van der Waals surface area contributed by atoms with Crippen molar-refractivity contribution in [1.29, 1.82) is 0 Å². The van der Waals surface area contributed by atoms with Crippen LogP contribution in [0.3, 0.4) is 0 Å². The SMILES string of the molecule is O=C(Nc1cccc(Br)c1)C1CCN(C(=O)C2CC(c3ccccn3)NN2)CC1. The molecule has 2 unspecified atom stereocenters. The second-order valence-corrected chi connectivity index (χ2v) is 8.40. The van der Waals surface area contributed by atoms with Gasteiger partial charge in [0, 0.05) is 35.4 Å². The van der Waals surface area contributed by atoms with Crippen LogP contribution in [0.2, 0.25) is 0 Å². The van der Waals surface area contributed by atoms with Crippen LogP contribution < -0.4 is 16.2 Å². The molecule has 0 spiro atoms. The number of carbonyl (C=O) groups is 2. The summed E-state index contributed by atoms with van der Waals surface area (Å²) in [6.45, 7) is 1.20. The quantitative estimate of drug-likeness (QED) is 0.656. The first kappa shape index (κ1) is 20.0. The summed E-state index contributed by atoms with van der Waals surface area (Å²) in [6.07, 6.45) is 3.78. The Morgan fingerprint density at radius 1 is 1.10 bits per heavy atom. The zero-order chi connectivity index (χ0) is 20.2. The highest BCUT2D eigenvalue weighted by molar-refractivity contribution is 9.10. The molecule has 2 aromatic rings. The third-order valence-electron chi connectivity index (χ3n) is 5.52. The van der Waals surface area contributed by atoms with Crippen LogP contribution in [0.5, 0.6) is 0 Å². The zero-order valence-electron chi connectivity index (χ0n) is 16.0. The third kappa shape index (κ3) is 4.83. The van der Waals surface area contributed by atoms with Crippen LogP contribution >= 0.6 is 15.9 Å². The minimum Gasteiger partial charge on any atom is -0.341 e. The topological polar surface area (TPSA) is 86.4 Å². The molecule has 152 valence electrons. The van der Waals surface area contributed by atoms with E-state index in [0.717, 1.165) is 15.9 Å². The molecular weight excluding hydrogens is 434 g/mol. The molecule has 7 nitrogen and oxygen atoms in total. The van der Waals surface area contributed by atoms with Gasteiger partial charge in [0.2, 0.25) is 11.8 Å². The lowest BCUT2D eigenvalue weighted by atomic mass is 9.95. The van der Waals surface area contributed by atoms with Gasteiger partial charge in [-0.25, -0.2) is 10.9 Å². The van der Waals surface area contributed by atoms with Crippen molar-refractivity contribution >= 4 is 33.4 Å². The van der Waals surface area contributed by atoms with Crippen LogP contribution in [0.4, 0.5) is 5.69 Å².